The van der Waals surface area contributed by atoms with Crippen molar-refractivity contribution in [3.63, 3.8) is 0 Å². The number of carbonyl (C=O) groups is 1. The Hall–Kier alpha value is -0.610. The van der Waals surface area contributed by atoms with Gasteiger partial charge in [-0.1, -0.05) is 0 Å². The molecule has 0 bridgehead atoms. The molecule has 0 atom stereocenters. The number of hydrogen-bond donors (Lipinski definition) is 3. The summed E-state index contributed by atoms with van der Waals surface area (Å²) in [5.41, 5.74) is 1.58. The second-order valence-corrected chi connectivity index (χ2v) is 2.51. The third-order valence-electron chi connectivity index (χ3n) is 1.49. The van der Waals surface area contributed by atoms with E-state index in [9.17, 15) is 4.79 Å². The fourth-order valence-corrected chi connectivity index (χ4v) is 0.733. The Morgan fingerprint density at radius 3 is 2.80 bits per heavy atom. The molecule has 10 heavy (non-hydrogen) atoms. The van der Waals surface area contributed by atoms with E-state index in [-0.39, 0.29) is 5.91 Å². The first-order valence-electron chi connectivity index (χ1n) is 3.49. The molecule has 0 spiro atoms. The lowest BCUT2D eigenvalue weighted by Gasteiger charge is -1.99. The molecule has 0 aromatic heterocycles. The summed E-state index contributed by atoms with van der Waals surface area (Å²) in [6.45, 7) is 0.664. The van der Waals surface area contributed by atoms with Gasteiger partial charge in [-0.15, -0.1) is 0 Å². The second-order valence-electron chi connectivity index (χ2n) is 2.51. The van der Waals surface area contributed by atoms with Gasteiger partial charge in [0.2, 0.25) is 5.91 Å². The highest BCUT2D eigenvalue weighted by molar-refractivity contribution is 5.74. The zero-order chi connectivity index (χ0) is 7.40. The van der Waals surface area contributed by atoms with Gasteiger partial charge >= 0.3 is 0 Å². The van der Waals surface area contributed by atoms with E-state index in [1.165, 1.54) is 12.8 Å². The van der Waals surface area contributed by atoms with Crippen LogP contribution in [0.5, 0.6) is 0 Å². The van der Waals surface area contributed by atoms with Crippen LogP contribution in [-0.2, 0) is 4.79 Å². The van der Waals surface area contributed by atoms with Crippen LogP contribution >= 0.6 is 0 Å². The average Bonchev–Trinajstić information content (AvgIpc) is 2.71. The zero-order valence-corrected chi connectivity index (χ0v) is 5.76. The minimum absolute atomic E-state index is 0.326. The number of hydroxylamine groups is 1. The summed E-state index contributed by atoms with van der Waals surface area (Å²) >= 11 is 0. The molecule has 0 heterocycles. The molecule has 1 fully saturated rings. The van der Waals surface area contributed by atoms with E-state index in [1.54, 1.807) is 5.48 Å². The van der Waals surface area contributed by atoms with E-state index >= 15 is 0 Å². The first-order valence-corrected chi connectivity index (χ1v) is 3.49. The summed E-state index contributed by atoms with van der Waals surface area (Å²) in [5, 5.41) is 11.2. The van der Waals surface area contributed by atoms with Crippen LogP contribution in [0.1, 0.15) is 19.3 Å². The van der Waals surface area contributed by atoms with Gasteiger partial charge in [0.1, 0.15) is 0 Å². The molecule has 4 heteroatoms. The standard InChI is InChI=1S/C6H12N2O2/c9-6(8-10)3-4-7-5-1-2-5/h5,7,10H,1-4H2,(H,8,9). The molecule has 1 aliphatic rings. The summed E-state index contributed by atoms with van der Waals surface area (Å²) in [7, 11) is 0. The highest BCUT2D eigenvalue weighted by atomic mass is 16.5. The molecular formula is C6H12N2O2. The molecule has 1 rings (SSSR count). The van der Waals surface area contributed by atoms with Crippen LogP contribution in [-0.4, -0.2) is 23.7 Å². The molecule has 1 aliphatic carbocycles. The highest BCUT2D eigenvalue weighted by Gasteiger charge is 2.19. The monoisotopic (exact) mass is 144 g/mol. The second kappa shape index (κ2) is 3.53. The maximum absolute atomic E-state index is 10.4. The number of carbonyl (C=O) groups excluding carboxylic acids is 1. The van der Waals surface area contributed by atoms with Gasteiger partial charge in [0, 0.05) is 19.0 Å². The van der Waals surface area contributed by atoms with Crippen molar-refractivity contribution in [3.05, 3.63) is 0 Å². The predicted octanol–water partition coefficient (Wildman–Crippen LogP) is -0.366. The summed E-state index contributed by atoms with van der Waals surface area (Å²) in [6, 6.07) is 0.631. The first kappa shape index (κ1) is 7.50. The lowest BCUT2D eigenvalue weighted by molar-refractivity contribution is -0.129. The number of nitrogens with one attached hydrogen (secondary N) is 2. The lowest BCUT2D eigenvalue weighted by atomic mass is 10.4. The molecule has 0 saturated heterocycles. The molecule has 0 unspecified atom stereocenters. The molecule has 3 N–H and O–H groups in total. The minimum Gasteiger partial charge on any atom is -0.313 e. The van der Waals surface area contributed by atoms with Crippen LogP contribution in [0.4, 0.5) is 0 Å². The lowest BCUT2D eigenvalue weighted by Crippen LogP contribution is -2.26. The topological polar surface area (TPSA) is 61.4 Å². The van der Waals surface area contributed by atoms with E-state index in [1.807, 2.05) is 0 Å². The Morgan fingerprint density at radius 2 is 2.30 bits per heavy atom. The van der Waals surface area contributed by atoms with Crippen LogP contribution in [0, 0.1) is 0 Å². The Balaban J connectivity index is 1.88. The summed E-state index contributed by atoms with van der Waals surface area (Å²) in [5.74, 6) is -0.326. The van der Waals surface area contributed by atoms with Crippen LogP contribution in [0.3, 0.4) is 0 Å². The van der Waals surface area contributed by atoms with Crippen LogP contribution < -0.4 is 10.8 Å². The van der Waals surface area contributed by atoms with Gasteiger partial charge in [-0.05, 0) is 12.8 Å². The van der Waals surface area contributed by atoms with E-state index in [0.717, 1.165) is 0 Å². The van der Waals surface area contributed by atoms with Gasteiger partial charge in [-0.3, -0.25) is 10.0 Å². The van der Waals surface area contributed by atoms with Crippen molar-refractivity contribution in [1.82, 2.24) is 10.8 Å². The van der Waals surface area contributed by atoms with Crippen molar-refractivity contribution < 1.29 is 10.0 Å². The third-order valence-corrected chi connectivity index (χ3v) is 1.49. The minimum atomic E-state index is -0.326. The highest BCUT2D eigenvalue weighted by Crippen LogP contribution is 2.18. The Kier molecular flexibility index (Phi) is 2.65. The Bertz CT molecular complexity index is 123. The molecular weight excluding hydrogens is 132 g/mol. The SMILES string of the molecule is O=C(CCNC1CC1)NO. The van der Waals surface area contributed by atoms with Gasteiger partial charge in [0.25, 0.3) is 0 Å². The molecule has 0 radical (unpaired) electrons. The van der Waals surface area contributed by atoms with Gasteiger partial charge in [0.15, 0.2) is 0 Å². The van der Waals surface area contributed by atoms with Crippen molar-refractivity contribution in [2.45, 2.75) is 25.3 Å². The van der Waals surface area contributed by atoms with E-state index in [0.29, 0.717) is 19.0 Å². The number of amides is 1. The Morgan fingerprint density at radius 1 is 1.60 bits per heavy atom. The quantitative estimate of drug-likeness (QED) is 0.373. The molecule has 4 nitrogen and oxygen atoms in total. The van der Waals surface area contributed by atoms with Crippen molar-refractivity contribution in [3.8, 4) is 0 Å². The van der Waals surface area contributed by atoms with E-state index < -0.39 is 0 Å². The summed E-state index contributed by atoms with van der Waals surface area (Å²) < 4.78 is 0. The molecule has 0 aromatic carbocycles. The first-order chi connectivity index (χ1) is 4.83. The van der Waals surface area contributed by atoms with Crippen LogP contribution in [0.15, 0.2) is 0 Å². The van der Waals surface area contributed by atoms with Crippen LogP contribution in [0.2, 0.25) is 0 Å². The fourth-order valence-electron chi connectivity index (χ4n) is 0.733. The zero-order valence-electron chi connectivity index (χ0n) is 5.76. The fraction of sp³-hybridized carbons (Fsp3) is 0.833. The molecule has 1 amide bonds. The molecule has 1 saturated carbocycles. The van der Waals surface area contributed by atoms with Crippen molar-refractivity contribution in [2.75, 3.05) is 6.54 Å². The maximum Gasteiger partial charge on any atom is 0.244 e. The van der Waals surface area contributed by atoms with Crippen molar-refractivity contribution in [2.24, 2.45) is 0 Å². The largest absolute Gasteiger partial charge is 0.313 e. The average molecular weight is 144 g/mol. The molecule has 0 aromatic rings. The van der Waals surface area contributed by atoms with E-state index in [4.69, 9.17) is 5.21 Å². The predicted molar refractivity (Wildman–Crippen MR) is 35.6 cm³/mol. The summed E-state index contributed by atoms with van der Waals surface area (Å²) in [4.78, 5) is 10.4. The van der Waals surface area contributed by atoms with Gasteiger partial charge in [0.05, 0.1) is 0 Å². The van der Waals surface area contributed by atoms with E-state index in [2.05, 4.69) is 5.32 Å². The van der Waals surface area contributed by atoms with Crippen molar-refractivity contribution in [1.29, 1.82) is 0 Å². The van der Waals surface area contributed by atoms with Crippen LogP contribution in [0.25, 0.3) is 0 Å². The van der Waals surface area contributed by atoms with Gasteiger partial charge < -0.3 is 5.32 Å². The molecule has 58 valence electrons. The molecule has 0 aliphatic heterocycles. The third kappa shape index (κ3) is 2.80. The Labute approximate surface area is 59.6 Å². The van der Waals surface area contributed by atoms with Gasteiger partial charge in [-0.2, -0.15) is 0 Å². The number of hydrogen-bond acceptors (Lipinski definition) is 3. The van der Waals surface area contributed by atoms with Gasteiger partial charge in [-0.25, -0.2) is 5.48 Å². The smallest absolute Gasteiger partial charge is 0.244 e. The van der Waals surface area contributed by atoms with Crippen molar-refractivity contribution >= 4 is 5.91 Å². The number of rotatable bonds is 4. The maximum atomic E-state index is 10.4. The summed E-state index contributed by atoms with van der Waals surface area (Å²) in [6.07, 6.45) is 2.80. The normalized spacial score (nSPS) is 16.9.